The lowest BCUT2D eigenvalue weighted by molar-refractivity contribution is 0.0176. The number of nitrogens with one attached hydrogen (secondary N) is 1. The molecule has 2 unspecified atom stereocenters. The third-order valence-electron chi connectivity index (χ3n) is 2.72. The van der Waals surface area contributed by atoms with Gasteiger partial charge in [0, 0.05) is 34.8 Å². The second-order valence-electron chi connectivity index (χ2n) is 6.11. The van der Waals surface area contributed by atoms with E-state index in [4.69, 9.17) is 9.52 Å². The Morgan fingerprint density at radius 3 is 2.61 bits per heavy atom. The molecule has 1 rings (SSSR count). The van der Waals surface area contributed by atoms with Gasteiger partial charge in [-0.05, 0) is 39.5 Å². The van der Waals surface area contributed by atoms with Crippen molar-refractivity contribution >= 4 is 15.8 Å². The molecular formula is C12H24N2O3S. The van der Waals surface area contributed by atoms with Gasteiger partial charge in [-0.15, -0.1) is 0 Å². The fraction of sp³-hybridized carbons (Fsp3) is 0.917. The second-order valence-corrected chi connectivity index (χ2v) is 8.45. The zero-order chi connectivity index (χ0) is 14.0. The van der Waals surface area contributed by atoms with Gasteiger partial charge in [-0.25, -0.2) is 4.79 Å². The summed E-state index contributed by atoms with van der Waals surface area (Å²) in [5.74, 6) is 0.521. The molecule has 2 atom stereocenters. The van der Waals surface area contributed by atoms with Gasteiger partial charge >= 0.3 is 6.09 Å². The van der Waals surface area contributed by atoms with Crippen LogP contribution < -0.4 is 0 Å². The van der Waals surface area contributed by atoms with Crippen molar-refractivity contribution in [2.75, 3.05) is 25.1 Å². The summed E-state index contributed by atoms with van der Waals surface area (Å²) in [7, 11) is -2.49. The minimum absolute atomic E-state index is 0.154. The van der Waals surface area contributed by atoms with Crippen molar-refractivity contribution in [3.05, 3.63) is 0 Å². The quantitative estimate of drug-likeness (QED) is 0.841. The number of amides is 1. The van der Waals surface area contributed by atoms with Crippen LogP contribution in [0.1, 0.15) is 33.6 Å². The van der Waals surface area contributed by atoms with Crippen molar-refractivity contribution in [3.8, 4) is 0 Å². The molecule has 1 aliphatic rings. The number of piperidine rings is 1. The summed E-state index contributed by atoms with van der Waals surface area (Å²) < 4.78 is 24.3. The van der Waals surface area contributed by atoms with Gasteiger partial charge in [0.25, 0.3) is 0 Å². The number of ether oxygens (including phenoxy) is 1. The van der Waals surface area contributed by atoms with Crippen LogP contribution in [-0.4, -0.2) is 45.9 Å². The average molecular weight is 276 g/mol. The molecule has 1 N–H and O–H groups in total. The number of likely N-dealkylation sites (tertiary alicyclic amines) is 1. The Hall–Kier alpha value is -0.780. The van der Waals surface area contributed by atoms with Gasteiger partial charge in [0.15, 0.2) is 0 Å². The molecule has 0 radical (unpaired) electrons. The van der Waals surface area contributed by atoms with Gasteiger partial charge < -0.3 is 9.64 Å². The second kappa shape index (κ2) is 5.47. The molecular weight excluding hydrogens is 252 g/mol. The van der Waals surface area contributed by atoms with E-state index in [9.17, 15) is 9.00 Å². The molecule has 6 heteroatoms. The Morgan fingerprint density at radius 2 is 2.11 bits per heavy atom. The average Bonchev–Trinajstić information content (AvgIpc) is 2.12. The lowest BCUT2D eigenvalue weighted by atomic mass is 10.0. The van der Waals surface area contributed by atoms with E-state index in [1.165, 1.54) is 6.26 Å². The van der Waals surface area contributed by atoms with E-state index in [1.807, 2.05) is 20.8 Å². The minimum atomic E-state index is -2.49. The van der Waals surface area contributed by atoms with Crippen LogP contribution in [-0.2, 0) is 14.5 Å². The van der Waals surface area contributed by atoms with Crippen molar-refractivity contribution in [2.45, 2.75) is 39.2 Å². The van der Waals surface area contributed by atoms with Gasteiger partial charge in [0.1, 0.15) is 5.60 Å². The molecule has 0 aromatic heterocycles. The normalized spacial score (nSPS) is 24.4. The number of rotatable bonds is 2. The third kappa shape index (κ3) is 5.71. The lowest BCUT2D eigenvalue weighted by Crippen LogP contribution is -2.44. The van der Waals surface area contributed by atoms with E-state index in [-0.39, 0.29) is 12.0 Å². The summed E-state index contributed by atoms with van der Waals surface area (Å²) in [4.78, 5) is 13.6. The third-order valence-corrected chi connectivity index (χ3v) is 3.83. The summed E-state index contributed by atoms with van der Waals surface area (Å²) in [5.41, 5.74) is -0.488. The van der Waals surface area contributed by atoms with Gasteiger partial charge in [-0.3, -0.25) is 8.99 Å². The molecule has 5 nitrogen and oxygen atoms in total. The first-order valence-corrected chi connectivity index (χ1v) is 8.40. The molecule has 1 saturated heterocycles. The van der Waals surface area contributed by atoms with Gasteiger partial charge in [-0.1, -0.05) is 0 Å². The fourth-order valence-electron chi connectivity index (χ4n) is 2.14. The predicted octanol–water partition coefficient (Wildman–Crippen LogP) is 2.31. The number of carbonyl (C=O) groups is 1. The summed E-state index contributed by atoms with van der Waals surface area (Å²) in [6, 6.07) is 0. The van der Waals surface area contributed by atoms with E-state index in [1.54, 1.807) is 4.90 Å². The molecule has 0 aliphatic carbocycles. The Labute approximate surface area is 110 Å². The first kappa shape index (κ1) is 15.3. The van der Waals surface area contributed by atoms with Gasteiger partial charge in [-0.2, -0.15) is 0 Å². The highest BCUT2D eigenvalue weighted by atomic mass is 32.2. The molecule has 0 spiro atoms. The van der Waals surface area contributed by atoms with Crippen LogP contribution >= 0.6 is 0 Å². The van der Waals surface area contributed by atoms with Crippen LogP contribution in [0.5, 0.6) is 0 Å². The maximum absolute atomic E-state index is 11.9. The maximum Gasteiger partial charge on any atom is 0.410 e. The molecule has 0 aromatic rings. The van der Waals surface area contributed by atoms with Crippen LogP contribution in [0.3, 0.4) is 0 Å². The van der Waals surface area contributed by atoms with Crippen LogP contribution in [0.15, 0.2) is 0 Å². The van der Waals surface area contributed by atoms with Crippen LogP contribution in [0.2, 0.25) is 0 Å². The van der Waals surface area contributed by atoms with Crippen LogP contribution in [0.4, 0.5) is 4.79 Å². The Bertz CT molecular complexity index is 398. The van der Waals surface area contributed by atoms with Crippen molar-refractivity contribution in [1.82, 2.24) is 4.90 Å². The van der Waals surface area contributed by atoms with E-state index in [0.29, 0.717) is 18.8 Å². The summed E-state index contributed by atoms with van der Waals surface area (Å²) in [5, 5.41) is 0. The van der Waals surface area contributed by atoms with E-state index in [2.05, 4.69) is 0 Å². The first-order chi connectivity index (χ1) is 8.07. The highest BCUT2D eigenvalue weighted by Crippen LogP contribution is 2.20. The molecule has 18 heavy (non-hydrogen) atoms. The SMILES string of the molecule is CC(C)(C)OC(=O)N1CCCC(CS(C)(=N)=O)C1. The number of hydrogen-bond donors (Lipinski definition) is 1. The van der Waals surface area contributed by atoms with Crippen LogP contribution in [0, 0.1) is 10.7 Å². The molecule has 1 aliphatic heterocycles. The zero-order valence-electron chi connectivity index (χ0n) is 11.7. The Kier molecular flexibility index (Phi) is 4.64. The van der Waals surface area contributed by atoms with Crippen molar-refractivity contribution < 1.29 is 13.7 Å². The lowest BCUT2D eigenvalue weighted by Gasteiger charge is -2.34. The predicted molar refractivity (Wildman–Crippen MR) is 72.2 cm³/mol. The number of nitrogens with zero attached hydrogens (tertiary/aromatic N) is 1. The van der Waals surface area contributed by atoms with Gasteiger partial charge in [0.05, 0.1) is 0 Å². The van der Waals surface area contributed by atoms with Gasteiger partial charge in [0.2, 0.25) is 0 Å². The minimum Gasteiger partial charge on any atom is -0.444 e. The van der Waals surface area contributed by atoms with Crippen molar-refractivity contribution in [2.24, 2.45) is 5.92 Å². The summed E-state index contributed by atoms with van der Waals surface area (Å²) in [6.45, 7) is 6.77. The zero-order valence-corrected chi connectivity index (χ0v) is 12.5. The summed E-state index contributed by atoms with van der Waals surface area (Å²) >= 11 is 0. The number of hydrogen-bond acceptors (Lipinski definition) is 4. The molecule has 0 aromatic carbocycles. The Balaban J connectivity index is 2.56. The molecule has 1 amide bonds. The Morgan fingerprint density at radius 1 is 1.50 bits per heavy atom. The highest BCUT2D eigenvalue weighted by molar-refractivity contribution is 7.91. The number of carbonyl (C=O) groups excluding carboxylic acids is 1. The monoisotopic (exact) mass is 276 g/mol. The standard InChI is InChI=1S/C12H24N2O3S/c1-12(2,3)17-11(15)14-7-5-6-10(8-14)9-18(4,13)16/h10,13H,5-9H2,1-4H3. The molecule has 106 valence electrons. The highest BCUT2D eigenvalue weighted by Gasteiger charge is 2.28. The molecule has 1 fully saturated rings. The molecule has 0 bridgehead atoms. The van der Waals surface area contributed by atoms with Crippen molar-refractivity contribution in [1.29, 1.82) is 4.78 Å². The largest absolute Gasteiger partial charge is 0.444 e. The van der Waals surface area contributed by atoms with Crippen molar-refractivity contribution in [3.63, 3.8) is 0 Å². The van der Waals surface area contributed by atoms with Crippen LogP contribution in [0.25, 0.3) is 0 Å². The molecule has 1 heterocycles. The molecule has 0 saturated carbocycles. The van der Waals surface area contributed by atoms with E-state index in [0.717, 1.165) is 12.8 Å². The van der Waals surface area contributed by atoms with E-state index < -0.39 is 15.3 Å². The topological polar surface area (TPSA) is 70.5 Å². The first-order valence-electron chi connectivity index (χ1n) is 6.26. The van der Waals surface area contributed by atoms with E-state index >= 15 is 0 Å². The fourth-order valence-corrected chi connectivity index (χ4v) is 3.31. The maximum atomic E-state index is 11.9. The smallest absolute Gasteiger partial charge is 0.410 e. The summed E-state index contributed by atoms with van der Waals surface area (Å²) in [6.07, 6.45) is 2.97.